The number of fused-ring (bicyclic) bond motifs is 1. The second kappa shape index (κ2) is 10.2. The summed E-state index contributed by atoms with van der Waals surface area (Å²) in [5.74, 6) is 0.216. The summed E-state index contributed by atoms with van der Waals surface area (Å²) in [5, 5.41) is 1.06. The first-order chi connectivity index (χ1) is 16.0. The summed E-state index contributed by atoms with van der Waals surface area (Å²) >= 11 is 1.29. The third-order valence-corrected chi connectivity index (χ3v) is 6.63. The predicted octanol–water partition coefficient (Wildman–Crippen LogP) is 4.82. The van der Waals surface area contributed by atoms with Crippen molar-refractivity contribution in [1.29, 1.82) is 0 Å². The van der Waals surface area contributed by atoms with Gasteiger partial charge in [0.05, 0.1) is 22.3 Å². The Hall–Kier alpha value is -3.16. The van der Waals surface area contributed by atoms with Gasteiger partial charge in [-0.05, 0) is 50.6 Å². The minimum absolute atomic E-state index is 0.0214. The van der Waals surface area contributed by atoms with Crippen molar-refractivity contribution in [2.75, 3.05) is 19.5 Å². The van der Waals surface area contributed by atoms with E-state index in [0.717, 1.165) is 30.0 Å². The molecule has 4 rings (SSSR count). The van der Waals surface area contributed by atoms with E-state index < -0.39 is 0 Å². The molecule has 0 unspecified atom stereocenters. The first-order valence-corrected chi connectivity index (χ1v) is 11.9. The van der Waals surface area contributed by atoms with Gasteiger partial charge in [-0.15, -0.1) is 0 Å². The molecule has 0 fully saturated rings. The van der Waals surface area contributed by atoms with Crippen LogP contribution < -0.4 is 5.56 Å². The average Bonchev–Trinajstić information content (AvgIpc) is 3.12. The van der Waals surface area contributed by atoms with E-state index >= 15 is 0 Å². The molecule has 6 nitrogen and oxygen atoms in total. The maximum absolute atomic E-state index is 13.3. The van der Waals surface area contributed by atoms with Gasteiger partial charge in [0, 0.05) is 37.2 Å². The highest BCUT2D eigenvalue weighted by atomic mass is 32.2. The van der Waals surface area contributed by atoms with E-state index in [-0.39, 0.29) is 17.1 Å². The molecule has 0 saturated carbocycles. The van der Waals surface area contributed by atoms with Gasteiger partial charge in [-0.25, -0.2) is 4.98 Å². The van der Waals surface area contributed by atoms with Crippen molar-refractivity contribution < 1.29 is 9.53 Å². The smallest absolute Gasteiger partial charge is 0.266 e. The quantitative estimate of drug-likeness (QED) is 0.155. The van der Waals surface area contributed by atoms with Crippen molar-refractivity contribution in [1.82, 2.24) is 14.1 Å². The number of ether oxygens (including phenoxy) is 1. The number of aromatic nitrogens is 3. The number of hydrogen-bond acceptors (Lipinski definition) is 5. The Morgan fingerprint density at radius 3 is 2.55 bits per heavy atom. The predicted molar refractivity (Wildman–Crippen MR) is 133 cm³/mol. The highest BCUT2D eigenvalue weighted by Crippen LogP contribution is 2.24. The molecule has 0 aliphatic heterocycles. The number of carbonyl (C=O) groups is 1. The SMILES string of the molecule is COCCCn1c(C)cc(C(=O)CSc2nc3ccccc3c(=O)n2-c2ccccc2)c1C. The lowest BCUT2D eigenvalue weighted by Gasteiger charge is -2.13. The van der Waals surface area contributed by atoms with Crippen LogP contribution in [0.25, 0.3) is 16.6 Å². The molecule has 7 heteroatoms. The number of carbonyl (C=O) groups excluding carboxylic acids is 1. The zero-order valence-electron chi connectivity index (χ0n) is 19.1. The number of Topliss-reactive ketones (excluding diaryl/α,β-unsaturated/α-hetero) is 1. The van der Waals surface area contributed by atoms with Gasteiger partial charge >= 0.3 is 0 Å². The number of thioether (sulfide) groups is 1. The first-order valence-electron chi connectivity index (χ1n) is 10.9. The normalized spacial score (nSPS) is 11.2. The highest BCUT2D eigenvalue weighted by Gasteiger charge is 2.19. The Labute approximate surface area is 197 Å². The lowest BCUT2D eigenvalue weighted by Crippen LogP contribution is -2.22. The number of ketones is 1. The van der Waals surface area contributed by atoms with Crippen LogP contribution >= 0.6 is 11.8 Å². The van der Waals surface area contributed by atoms with Crippen LogP contribution in [-0.2, 0) is 11.3 Å². The molecule has 170 valence electrons. The molecule has 2 aromatic carbocycles. The van der Waals surface area contributed by atoms with Crippen LogP contribution in [0.4, 0.5) is 0 Å². The largest absolute Gasteiger partial charge is 0.385 e. The number of aryl methyl sites for hydroxylation is 1. The fraction of sp³-hybridized carbons (Fsp3) is 0.269. The summed E-state index contributed by atoms with van der Waals surface area (Å²) < 4.78 is 8.90. The van der Waals surface area contributed by atoms with Crippen molar-refractivity contribution in [2.45, 2.75) is 32.0 Å². The minimum atomic E-state index is -0.141. The molecule has 4 aromatic rings. The van der Waals surface area contributed by atoms with Crippen LogP contribution in [-0.4, -0.2) is 39.4 Å². The third-order valence-electron chi connectivity index (χ3n) is 5.70. The summed E-state index contributed by atoms with van der Waals surface area (Å²) in [6, 6.07) is 18.7. The van der Waals surface area contributed by atoms with Crippen LogP contribution in [0.3, 0.4) is 0 Å². The van der Waals surface area contributed by atoms with E-state index in [2.05, 4.69) is 4.57 Å². The van der Waals surface area contributed by atoms with Crippen LogP contribution in [0.1, 0.15) is 28.2 Å². The van der Waals surface area contributed by atoms with Gasteiger partial charge < -0.3 is 9.30 Å². The minimum Gasteiger partial charge on any atom is -0.385 e. The highest BCUT2D eigenvalue weighted by molar-refractivity contribution is 7.99. The van der Waals surface area contributed by atoms with Crippen LogP contribution in [0, 0.1) is 13.8 Å². The van der Waals surface area contributed by atoms with Gasteiger partial charge in [0.1, 0.15) is 0 Å². The maximum atomic E-state index is 13.3. The average molecular weight is 462 g/mol. The van der Waals surface area contributed by atoms with Gasteiger partial charge in [0.25, 0.3) is 5.56 Å². The summed E-state index contributed by atoms with van der Waals surface area (Å²) in [5.41, 5.74) is 3.95. The summed E-state index contributed by atoms with van der Waals surface area (Å²) in [4.78, 5) is 31.2. The molecule has 0 N–H and O–H groups in total. The zero-order valence-corrected chi connectivity index (χ0v) is 19.9. The van der Waals surface area contributed by atoms with Crippen LogP contribution in [0.2, 0.25) is 0 Å². The molecule has 0 aliphatic carbocycles. The molecule has 0 amide bonds. The van der Waals surface area contributed by atoms with Gasteiger partial charge in [0.2, 0.25) is 0 Å². The number of hydrogen-bond donors (Lipinski definition) is 0. The van der Waals surface area contributed by atoms with Gasteiger partial charge in [-0.3, -0.25) is 14.2 Å². The lowest BCUT2D eigenvalue weighted by molar-refractivity contribution is 0.102. The monoisotopic (exact) mass is 461 g/mol. The summed E-state index contributed by atoms with van der Waals surface area (Å²) in [7, 11) is 1.69. The number of benzene rings is 2. The molecule has 0 bridgehead atoms. The molecule has 0 saturated heterocycles. The van der Waals surface area contributed by atoms with E-state index in [9.17, 15) is 9.59 Å². The van der Waals surface area contributed by atoms with Crippen LogP contribution in [0.15, 0.2) is 70.6 Å². The fourth-order valence-electron chi connectivity index (χ4n) is 4.02. The Kier molecular flexibility index (Phi) is 7.11. The van der Waals surface area contributed by atoms with Gasteiger partial charge in [-0.1, -0.05) is 42.1 Å². The lowest BCUT2D eigenvalue weighted by atomic mass is 10.2. The second-order valence-corrected chi connectivity index (χ2v) is 8.82. The molecular weight excluding hydrogens is 434 g/mol. The standard InChI is InChI=1S/C26H27N3O3S/c1-18-16-22(19(2)28(18)14-9-15-32-3)24(30)17-33-26-27-23-13-8-7-12-21(23)25(31)29(26)20-10-5-4-6-11-20/h4-8,10-13,16H,9,14-15,17H2,1-3H3. The molecule has 0 spiro atoms. The molecule has 0 atom stereocenters. The van der Waals surface area contributed by atoms with E-state index in [4.69, 9.17) is 9.72 Å². The summed E-state index contributed by atoms with van der Waals surface area (Å²) in [6.45, 7) is 5.49. The van der Waals surface area contributed by atoms with E-state index in [1.54, 1.807) is 17.7 Å². The van der Waals surface area contributed by atoms with E-state index in [0.29, 0.717) is 28.2 Å². The number of methoxy groups -OCH3 is 1. The number of nitrogens with zero attached hydrogens (tertiary/aromatic N) is 3. The molecule has 2 heterocycles. The Bertz CT molecular complexity index is 1340. The Morgan fingerprint density at radius 2 is 1.79 bits per heavy atom. The van der Waals surface area contributed by atoms with Crippen molar-refractivity contribution in [3.8, 4) is 5.69 Å². The molecular formula is C26H27N3O3S. The molecule has 0 radical (unpaired) electrons. The number of para-hydroxylation sites is 2. The maximum Gasteiger partial charge on any atom is 0.266 e. The van der Waals surface area contributed by atoms with E-state index in [1.165, 1.54) is 11.8 Å². The van der Waals surface area contributed by atoms with Crippen molar-refractivity contribution in [3.63, 3.8) is 0 Å². The molecule has 2 aromatic heterocycles. The van der Waals surface area contributed by atoms with E-state index in [1.807, 2.05) is 68.4 Å². The molecule has 33 heavy (non-hydrogen) atoms. The topological polar surface area (TPSA) is 66.1 Å². The second-order valence-electron chi connectivity index (χ2n) is 7.88. The fourth-order valence-corrected chi connectivity index (χ4v) is 4.91. The number of rotatable bonds is 9. The van der Waals surface area contributed by atoms with Gasteiger partial charge in [-0.2, -0.15) is 0 Å². The Balaban J connectivity index is 1.64. The van der Waals surface area contributed by atoms with Gasteiger partial charge in [0.15, 0.2) is 10.9 Å². The van der Waals surface area contributed by atoms with Crippen LogP contribution in [0.5, 0.6) is 0 Å². The first kappa shape index (κ1) is 23.0. The van der Waals surface area contributed by atoms with Crippen molar-refractivity contribution in [2.24, 2.45) is 0 Å². The third kappa shape index (κ3) is 4.79. The van der Waals surface area contributed by atoms with Crippen molar-refractivity contribution in [3.05, 3.63) is 88.0 Å². The Morgan fingerprint density at radius 1 is 1.06 bits per heavy atom. The zero-order chi connectivity index (χ0) is 23.4. The van der Waals surface area contributed by atoms with Crippen molar-refractivity contribution >= 4 is 28.4 Å². The molecule has 0 aliphatic rings. The summed E-state index contributed by atoms with van der Waals surface area (Å²) in [6.07, 6.45) is 0.888.